The molecule has 2 aromatic carbocycles. The number of benzene rings is 2. The smallest absolute Gasteiger partial charge is 0.343 e. The van der Waals surface area contributed by atoms with E-state index in [1.54, 1.807) is 49.4 Å². The van der Waals surface area contributed by atoms with Gasteiger partial charge >= 0.3 is 11.6 Å². The van der Waals surface area contributed by atoms with Crippen LogP contribution in [0.1, 0.15) is 15.9 Å². The number of rotatable bonds is 2. The fourth-order valence-corrected chi connectivity index (χ4v) is 2.38. The number of halogens is 1. The quantitative estimate of drug-likeness (QED) is 0.393. The summed E-state index contributed by atoms with van der Waals surface area (Å²) in [5, 5.41) is 0.737. The lowest BCUT2D eigenvalue weighted by molar-refractivity contribution is 0.0735. The van der Waals surface area contributed by atoms with Crippen molar-refractivity contribution in [2.45, 2.75) is 6.92 Å². The number of aryl methyl sites for hydroxylation is 1. The molecular weight excluding hydrogens is 348 g/mol. The summed E-state index contributed by atoms with van der Waals surface area (Å²) in [6.07, 6.45) is 0. The highest BCUT2D eigenvalue weighted by Gasteiger charge is 2.10. The van der Waals surface area contributed by atoms with Crippen LogP contribution in [0.2, 0.25) is 0 Å². The zero-order chi connectivity index (χ0) is 15.7. The molecule has 1 heterocycles. The van der Waals surface area contributed by atoms with Crippen molar-refractivity contribution in [2.24, 2.45) is 0 Å². The van der Waals surface area contributed by atoms with Crippen LogP contribution in [-0.2, 0) is 0 Å². The summed E-state index contributed by atoms with van der Waals surface area (Å²) >= 11 is 3.31. The molecule has 0 saturated carbocycles. The normalized spacial score (nSPS) is 10.6. The molecule has 0 aliphatic rings. The summed E-state index contributed by atoms with van der Waals surface area (Å²) in [5.41, 5.74) is 1.30. The van der Waals surface area contributed by atoms with Gasteiger partial charge in [0.15, 0.2) is 0 Å². The van der Waals surface area contributed by atoms with Crippen molar-refractivity contribution in [3.8, 4) is 5.75 Å². The molecule has 1 aromatic heterocycles. The molecule has 3 aromatic rings. The van der Waals surface area contributed by atoms with Crippen LogP contribution in [-0.4, -0.2) is 5.97 Å². The molecule has 0 N–H and O–H groups in total. The maximum Gasteiger partial charge on any atom is 0.343 e. The third kappa shape index (κ3) is 2.94. The van der Waals surface area contributed by atoms with Crippen molar-refractivity contribution < 1.29 is 13.9 Å². The Morgan fingerprint density at radius 3 is 2.55 bits per heavy atom. The molecule has 110 valence electrons. The maximum absolute atomic E-state index is 12.1. The second-order valence-electron chi connectivity index (χ2n) is 4.80. The Hall–Kier alpha value is -2.40. The number of hydrogen-bond donors (Lipinski definition) is 0. The van der Waals surface area contributed by atoms with E-state index in [-0.39, 0.29) is 0 Å². The standard InChI is InChI=1S/C17H11BrO4/c1-10-8-16(19)22-15-7-6-13(9-14(10)15)21-17(20)11-2-4-12(18)5-3-11/h2-9H,1H3. The molecule has 0 spiro atoms. The molecule has 22 heavy (non-hydrogen) atoms. The van der Waals surface area contributed by atoms with Gasteiger partial charge in [0.1, 0.15) is 11.3 Å². The lowest BCUT2D eigenvalue weighted by Gasteiger charge is -2.06. The molecular formula is C17H11BrO4. The molecule has 3 rings (SSSR count). The SMILES string of the molecule is Cc1cc(=O)oc2ccc(OC(=O)c3ccc(Br)cc3)cc12. The van der Waals surface area contributed by atoms with Gasteiger partial charge in [-0.2, -0.15) is 0 Å². The van der Waals surface area contributed by atoms with E-state index >= 15 is 0 Å². The first kappa shape index (κ1) is 14.5. The van der Waals surface area contributed by atoms with Crippen LogP contribution in [0.25, 0.3) is 11.0 Å². The predicted octanol–water partition coefficient (Wildman–Crippen LogP) is 4.08. The van der Waals surface area contributed by atoms with Crippen molar-refractivity contribution >= 4 is 32.9 Å². The van der Waals surface area contributed by atoms with Gasteiger partial charge in [-0.05, 0) is 55.0 Å². The Morgan fingerprint density at radius 1 is 1.09 bits per heavy atom. The van der Waals surface area contributed by atoms with Crippen LogP contribution < -0.4 is 10.4 Å². The van der Waals surface area contributed by atoms with E-state index in [1.165, 1.54) is 6.07 Å². The van der Waals surface area contributed by atoms with Crippen molar-refractivity contribution in [3.05, 3.63) is 74.6 Å². The third-order valence-corrected chi connectivity index (χ3v) is 3.74. The summed E-state index contributed by atoms with van der Waals surface area (Å²) in [6.45, 7) is 1.81. The van der Waals surface area contributed by atoms with Crippen LogP contribution >= 0.6 is 15.9 Å². The van der Waals surface area contributed by atoms with Gasteiger partial charge in [-0.15, -0.1) is 0 Å². The molecule has 0 amide bonds. The zero-order valence-electron chi connectivity index (χ0n) is 11.6. The van der Waals surface area contributed by atoms with E-state index in [0.29, 0.717) is 16.9 Å². The van der Waals surface area contributed by atoms with Gasteiger partial charge in [0.2, 0.25) is 0 Å². The molecule has 0 aliphatic heterocycles. The first-order chi connectivity index (χ1) is 10.5. The lowest BCUT2D eigenvalue weighted by atomic mass is 10.1. The predicted molar refractivity (Wildman–Crippen MR) is 86.3 cm³/mol. The molecule has 0 atom stereocenters. The van der Waals surface area contributed by atoms with E-state index in [0.717, 1.165) is 15.4 Å². The number of esters is 1. The Labute approximate surface area is 134 Å². The maximum atomic E-state index is 12.1. The van der Waals surface area contributed by atoms with E-state index in [1.807, 2.05) is 0 Å². The highest BCUT2D eigenvalue weighted by Crippen LogP contribution is 2.23. The Balaban J connectivity index is 1.92. The minimum Gasteiger partial charge on any atom is -0.423 e. The Morgan fingerprint density at radius 2 is 1.82 bits per heavy atom. The molecule has 5 heteroatoms. The van der Waals surface area contributed by atoms with Gasteiger partial charge in [0, 0.05) is 15.9 Å². The van der Waals surface area contributed by atoms with Gasteiger partial charge in [0.05, 0.1) is 5.56 Å². The molecule has 0 fully saturated rings. The Kier molecular flexibility index (Phi) is 3.81. The highest BCUT2D eigenvalue weighted by molar-refractivity contribution is 9.10. The molecule has 0 unspecified atom stereocenters. The van der Waals surface area contributed by atoms with Crippen LogP contribution in [0, 0.1) is 6.92 Å². The van der Waals surface area contributed by atoms with E-state index in [4.69, 9.17) is 9.15 Å². The van der Waals surface area contributed by atoms with E-state index in [9.17, 15) is 9.59 Å². The van der Waals surface area contributed by atoms with Gasteiger partial charge in [-0.25, -0.2) is 9.59 Å². The molecule has 0 radical (unpaired) electrons. The van der Waals surface area contributed by atoms with Gasteiger partial charge in [-0.3, -0.25) is 0 Å². The minimum absolute atomic E-state index is 0.399. The fraction of sp³-hybridized carbons (Fsp3) is 0.0588. The van der Waals surface area contributed by atoms with Crippen LogP contribution in [0.4, 0.5) is 0 Å². The van der Waals surface area contributed by atoms with Crippen molar-refractivity contribution in [2.75, 3.05) is 0 Å². The zero-order valence-corrected chi connectivity index (χ0v) is 13.2. The Bertz CT molecular complexity index is 910. The molecule has 0 bridgehead atoms. The average molecular weight is 359 g/mol. The second kappa shape index (κ2) is 5.77. The molecule has 0 aliphatic carbocycles. The topological polar surface area (TPSA) is 56.5 Å². The highest BCUT2D eigenvalue weighted by atomic mass is 79.9. The number of hydrogen-bond acceptors (Lipinski definition) is 4. The van der Waals surface area contributed by atoms with Gasteiger partial charge < -0.3 is 9.15 Å². The lowest BCUT2D eigenvalue weighted by Crippen LogP contribution is -2.08. The second-order valence-corrected chi connectivity index (χ2v) is 5.72. The van der Waals surface area contributed by atoms with Crippen molar-refractivity contribution in [3.63, 3.8) is 0 Å². The van der Waals surface area contributed by atoms with Crippen LogP contribution in [0.15, 0.2) is 62.2 Å². The number of carbonyl (C=O) groups excluding carboxylic acids is 1. The summed E-state index contributed by atoms with van der Waals surface area (Å²) in [5.74, 6) is -0.0424. The summed E-state index contributed by atoms with van der Waals surface area (Å²) in [6, 6.07) is 13.2. The van der Waals surface area contributed by atoms with E-state index in [2.05, 4.69) is 15.9 Å². The first-order valence-electron chi connectivity index (χ1n) is 6.55. The summed E-state index contributed by atoms with van der Waals surface area (Å²) in [7, 11) is 0. The van der Waals surface area contributed by atoms with Crippen molar-refractivity contribution in [1.29, 1.82) is 0 Å². The number of ether oxygens (including phenoxy) is 1. The summed E-state index contributed by atoms with van der Waals surface area (Å²) < 4.78 is 11.3. The summed E-state index contributed by atoms with van der Waals surface area (Å²) in [4.78, 5) is 23.4. The third-order valence-electron chi connectivity index (χ3n) is 3.21. The number of carbonyl (C=O) groups is 1. The molecule has 4 nitrogen and oxygen atoms in total. The minimum atomic E-state index is -0.443. The van der Waals surface area contributed by atoms with Crippen molar-refractivity contribution in [1.82, 2.24) is 0 Å². The van der Waals surface area contributed by atoms with Crippen LogP contribution in [0.5, 0.6) is 5.75 Å². The van der Waals surface area contributed by atoms with Crippen LogP contribution in [0.3, 0.4) is 0 Å². The monoisotopic (exact) mass is 358 g/mol. The van der Waals surface area contributed by atoms with Gasteiger partial charge in [0.25, 0.3) is 0 Å². The molecule has 0 saturated heterocycles. The first-order valence-corrected chi connectivity index (χ1v) is 7.34. The fourth-order valence-electron chi connectivity index (χ4n) is 2.11. The van der Waals surface area contributed by atoms with Gasteiger partial charge in [-0.1, -0.05) is 15.9 Å². The number of fused-ring (bicyclic) bond motifs is 1. The average Bonchev–Trinajstić information content (AvgIpc) is 2.48. The van der Waals surface area contributed by atoms with E-state index < -0.39 is 11.6 Å². The largest absolute Gasteiger partial charge is 0.423 e.